The zero-order chi connectivity index (χ0) is 3.58. The SMILES string of the molecule is O[As](O)O.[Ca+2].[Ca+2].[H-].[H-].[H-].[H-]. The molecular formula is H7AsCa2O3. The van der Waals surface area contributed by atoms with Crippen LogP contribution in [0.2, 0.25) is 0 Å². The second-order valence-corrected chi connectivity index (χ2v) is 1.39. The third-order valence-corrected chi connectivity index (χ3v) is 0. The van der Waals surface area contributed by atoms with Crippen LogP contribution in [0, 0.1) is 0 Å². The van der Waals surface area contributed by atoms with Crippen LogP contribution in [-0.2, 0) is 0 Å². The van der Waals surface area contributed by atoms with E-state index in [1.54, 1.807) is 0 Å². The van der Waals surface area contributed by atoms with Crippen molar-refractivity contribution in [3.8, 4) is 0 Å². The van der Waals surface area contributed by atoms with Crippen LogP contribution in [0.5, 0.6) is 0 Å². The molecule has 0 aliphatic rings. The van der Waals surface area contributed by atoms with Gasteiger partial charge in [-0.3, -0.25) is 0 Å². The maximum atomic E-state index is 7.31. The van der Waals surface area contributed by atoms with Crippen LogP contribution in [0.15, 0.2) is 0 Å². The number of hydrogen-bond acceptors (Lipinski definition) is 3. The van der Waals surface area contributed by atoms with E-state index in [1.165, 1.54) is 0 Å². The fourth-order valence-corrected chi connectivity index (χ4v) is 0. The van der Waals surface area contributed by atoms with Gasteiger partial charge in [0.25, 0.3) is 0 Å². The summed E-state index contributed by atoms with van der Waals surface area (Å²) in [4.78, 5) is 0. The summed E-state index contributed by atoms with van der Waals surface area (Å²) in [5.74, 6) is 0. The third-order valence-electron chi connectivity index (χ3n) is 0. The quantitative estimate of drug-likeness (QED) is 0.392. The second-order valence-electron chi connectivity index (χ2n) is 0.268. The minimum absolute atomic E-state index is 0. The maximum absolute atomic E-state index is 7.31. The smallest absolute Gasteiger partial charge is 1.00 e. The fraction of sp³-hybridized carbons (Fsp3) is 0. The first-order valence-corrected chi connectivity index (χ1v) is 3.12. The van der Waals surface area contributed by atoms with Crippen molar-refractivity contribution in [1.29, 1.82) is 0 Å². The zero-order valence-corrected chi connectivity index (χ0v) is 9.50. The van der Waals surface area contributed by atoms with Crippen molar-refractivity contribution >= 4 is 91.2 Å². The van der Waals surface area contributed by atoms with E-state index in [4.69, 9.17) is 12.3 Å². The molecule has 0 unspecified atom stereocenters. The van der Waals surface area contributed by atoms with Crippen LogP contribution in [0.25, 0.3) is 0 Å². The standard InChI is InChI=1S/AsH3O3.2Ca.4H/c2-1(3)4;;;;;;/h2-4H;;;;;;/q;2*+2;4*-1. The number of hydrogen-bond donors (Lipinski definition) is 3. The second kappa shape index (κ2) is 10.9. The molecule has 0 heterocycles. The minimum atomic E-state index is -3.19. The van der Waals surface area contributed by atoms with Crippen LogP contribution in [0.3, 0.4) is 0 Å². The van der Waals surface area contributed by atoms with Gasteiger partial charge in [0.05, 0.1) is 0 Å². The summed E-state index contributed by atoms with van der Waals surface area (Å²) >= 11 is -3.19. The molecule has 0 atom stereocenters. The summed E-state index contributed by atoms with van der Waals surface area (Å²) in [5, 5.41) is 0. The van der Waals surface area contributed by atoms with Crippen molar-refractivity contribution in [2.24, 2.45) is 0 Å². The van der Waals surface area contributed by atoms with Gasteiger partial charge in [-0.2, -0.15) is 0 Å². The molecule has 0 spiro atoms. The van der Waals surface area contributed by atoms with Crippen LogP contribution in [-0.4, -0.2) is 103 Å². The van der Waals surface area contributed by atoms with Gasteiger partial charge >= 0.3 is 103 Å². The predicted octanol–water partition coefficient (Wildman–Crippen LogP) is -2.36. The summed E-state index contributed by atoms with van der Waals surface area (Å²) in [6.07, 6.45) is 0. The van der Waals surface area contributed by atoms with Gasteiger partial charge in [0.1, 0.15) is 0 Å². The summed E-state index contributed by atoms with van der Waals surface area (Å²) < 4.78 is 21.9. The molecule has 0 aromatic rings. The Morgan fingerprint density at radius 1 is 1.00 bits per heavy atom. The van der Waals surface area contributed by atoms with Crippen molar-refractivity contribution in [1.82, 2.24) is 0 Å². The Kier molecular flexibility index (Phi) is 28.9. The topological polar surface area (TPSA) is 60.7 Å². The summed E-state index contributed by atoms with van der Waals surface area (Å²) in [7, 11) is 0. The third kappa shape index (κ3) is 28.2. The van der Waals surface area contributed by atoms with E-state index in [1.807, 2.05) is 0 Å². The molecule has 0 rings (SSSR count). The van der Waals surface area contributed by atoms with Crippen LogP contribution in [0.4, 0.5) is 0 Å². The van der Waals surface area contributed by atoms with E-state index in [-0.39, 0.29) is 81.2 Å². The first kappa shape index (κ1) is 16.0. The van der Waals surface area contributed by atoms with E-state index in [0.717, 1.165) is 0 Å². The summed E-state index contributed by atoms with van der Waals surface area (Å²) in [5.41, 5.74) is 0. The van der Waals surface area contributed by atoms with Crippen LogP contribution in [0.1, 0.15) is 5.71 Å². The van der Waals surface area contributed by atoms with Gasteiger partial charge in [-0.15, -0.1) is 0 Å². The molecule has 3 nitrogen and oxygen atoms in total. The first-order chi connectivity index (χ1) is 1.73. The van der Waals surface area contributed by atoms with Gasteiger partial charge in [0.2, 0.25) is 0 Å². The molecule has 6 heteroatoms. The van der Waals surface area contributed by atoms with Crippen molar-refractivity contribution in [2.45, 2.75) is 0 Å². The Morgan fingerprint density at radius 3 is 1.00 bits per heavy atom. The summed E-state index contributed by atoms with van der Waals surface area (Å²) in [6, 6.07) is 0. The maximum Gasteiger partial charge on any atom is 2.00 e. The molecule has 6 heavy (non-hydrogen) atoms. The van der Waals surface area contributed by atoms with Crippen molar-refractivity contribution in [2.75, 3.05) is 0 Å². The Labute approximate surface area is 107 Å². The van der Waals surface area contributed by atoms with Gasteiger partial charge in [-0.25, -0.2) is 0 Å². The molecule has 0 aromatic carbocycles. The van der Waals surface area contributed by atoms with Gasteiger partial charge in [0, 0.05) is 0 Å². The Hall–Kier alpha value is 2.96. The molecule has 0 saturated heterocycles. The molecule has 0 aromatic heterocycles. The van der Waals surface area contributed by atoms with Gasteiger partial charge < -0.3 is 5.71 Å². The fourth-order valence-electron chi connectivity index (χ4n) is 0. The molecule has 0 saturated carbocycles. The molecular weight excluding hydrogens is 203 g/mol. The van der Waals surface area contributed by atoms with E-state index < -0.39 is 15.7 Å². The average Bonchev–Trinajstić information content (AvgIpc) is 0.811. The Balaban J connectivity index is -0.00000000300. The monoisotopic (exact) mass is 210 g/mol. The van der Waals surface area contributed by atoms with E-state index in [0.29, 0.717) is 0 Å². The Morgan fingerprint density at radius 2 is 1.00 bits per heavy atom. The molecule has 0 amide bonds. The molecule has 0 radical (unpaired) electrons. The van der Waals surface area contributed by atoms with Gasteiger partial charge in [-0.1, -0.05) is 0 Å². The van der Waals surface area contributed by atoms with E-state index >= 15 is 0 Å². The molecule has 0 fully saturated rings. The molecule has 0 aliphatic heterocycles. The largest absolute Gasteiger partial charge is 2.00 e. The first-order valence-electron chi connectivity index (χ1n) is 0.600. The van der Waals surface area contributed by atoms with Crippen LogP contribution >= 0.6 is 0 Å². The molecule has 0 bridgehead atoms. The number of rotatable bonds is 0. The van der Waals surface area contributed by atoms with Crippen molar-refractivity contribution in [3.63, 3.8) is 0 Å². The predicted molar refractivity (Wildman–Crippen MR) is 28.4 cm³/mol. The summed E-state index contributed by atoms with van der Waals surface area (Å²) in [6.45, 7) is 0. The normalized spacial score (nSPS) is 6.00. The van der Waals surface area contributed by atoms with Crippen molar-refractivity contribution < 1.29 is 18.0 Å². The minimum Gasteiger partial charge on any atom is -1.00 e. The van der Waals surface area contributed by atoms with Gasteiger partial charge in [-0.05, 0) is 0 Å². The van der Waals surface area contributed by atoms with E-state index in [9.17, 15) is 0 Å². The molecule has 3 N–H and O–H groups in total. The van der Waals surface area contributed by atoms with Gasteiger partial charge in [0.15, 0.2) is 0 Å². The van der Waals surface area contributed by atoms with Crippen molar-refractivity contribution in [3.05, 3.63) is 0 Å². The molecule has 0 aliphatic carbocycles. The average molecular weight is 210 g/mol. The van der Waals surface area contributed by atoms with Crippen LogP contribution < -0.4 is 0 Å². The molecule has 34 valence electrons. The Bertz CT molecular complexity index is 23.2. The van der Waals surface area contributed by atoms with E-state index in [2.05, 4.69) is 0 Å². The zero-order valence-electron chi connectivity index (χ0n) is 7.20.